The maximum atomic E-state index is 12.0. The molecule has 1 rings (SSSR count). The monoisotopic (exact) mass is 227 g/mol. The molecule has 16 heavy (non-hydrogen) atoms. The van der Waals surface area contributed by atoms with Crippen LogP contribution in [0.3, 0.4) is 0 Å². The Kier molecular flexibility index (Phi) is 4.06. The Bertz CT molecular complexity index is 335. The normalized spacial score (nSPS) is 21.9. The Labute approximate surface area is 94.4 Å². The Morgan fingerprint density at radius 2 is 1.94 bits per heavy atom. The van der Waals surface area contributed by atoms with Gasteiger partial charge in [-0.2, -0.15) is 0 Å². The van der Waals surface area contributed by atoms with E-state index in [0.29, 0.717) is 6.54 Å². The van der Waals surface area contributed by atoms with Crippen LogP contribution in [0.2, 0.25) is 0 Å². The third kappa shape index (κ3) is 2.41. The summed E-state index contributed by atoms with van der Waals surface area (Å²) in [5.41, 5.74) is 0.307. The van der Waals surface area contributed by atoms with E-state index >= 15 is 0 Å². The number of aliphatic carboxylic acids is 1. The Morgan fingerprint density at radius 1 is 1.31 bits per heavy atom. The molecule has 1 fully saturated rings. The van der Waals surface area contributed by atoms with Gasteiger partial charge in [-0.1, -0.05) is 0 Å². The van der Waals surface area contributed by atoms with E-state index in [1.54, 1.807) is 4.90 Å². The first-order valence-electron chi connectivity index (χ1n) is 5.31. The molecule has 5 heteroatoms. The quantitative estimate of drug-likeness (QED) is 0.684. The van der Waals surface area contributed by atoms with Gasteiger partial charge in [-0.05, 0) is 26.7 Å². The van der Waals surface area contributed by atoms with Gasteiger partial charge in [0.2, 0.25) is 5.91 Å². The molecular formula is C11H17NO4. The van der Waals surface area contributed by atoms with Crippen LogP contribution in [0.4, 0.5) is 0 Å². The second-order valence-corrected chi connectivity index (χ2v) is 4.03. The van der Waals surface area contributed by atoms with E-state index < -0.39 is 5.97 Å². The average Bonchev–Trinajstić information content (AvgIpc) is 2.73. The molecule has 0 aromatic heterocycles. The Balaban J connectivity index is 2.86. The molecular weight excluding hydrogens is 210 g/mol. The molecule has 1 amide bonds. The second kappa shape index (κ2) is 5.12. The Hall–Kier alpha value is -1.36. The number of carbonyl (C=O) groups excluding carboxylic acids is 1. The van der Waals surface area contributed by atoms with Crippen molar-refractivity contribution >= 4 is 11.9 Å². The molecule has 1 aliphatic rings. The van der Waals surface area contributed by atoms with E-state index in [1.807, 2.05) is 0 Å². The van der Waals surface area contributed by atoms with Crippen molar-refractivity contribution in [2.24, 2.45) is 0 Å². The van der Waals surface area contributed by atoms with Crippen molar-refractivity contribution < 1.29 is 19.8 Å². The topological polar surface area (TPSA) is 77.8 Å². The van der Waals surface area contributed by atoms with Crippen molar-refractivity contribution in [2.75, 3.05) is 13.2 Å². The molecule has 0 aromatic rings. The molecule has 1 saturated heterocycles. The molecule has 0 spiro atoms. The highest BCUT2D eigenvalue weighted by molar-refractivity contribution is 6.01. The molecule has 1 atom stereocenters. The van der Waals surface area contributed by atoms with Gasteiger partial charge < -0.3 is 15.1 Å². The van der Waals surface area contributed by atoms with Crippen molar-refractivity contribution in [3.05, 3.63) is 11.1 Å². The summed E-state index contributed by atoms with van der Waals surface area (Å²) >= 11 is 0. The first-order valence-corrected chi connectivity index (χ1v) is 5.31. The number of hydrogen-bond donors (Lipinski definition) is 2. The van der Waals surface area contributed by atoms with Gasteiger partial charge >= 0.3 is 5.97 Å². The number of carbonyl (C=O) groups is 2. The van der Waals surface area contributed by atoms with E-state index in [0.717, 1.165) is 12.8 Å². The molecule has 0 aromatic carbocycles. The summed E-state index contributed by atoms with van der Waals surface area (Å²) in [4.78, 5) is 24.2. The standard InChI is InChI=1S/C11H17NO4/c1-7(8(2)11(15)16)10(14)12-5-3-4-9(12)6-13/h9,13H,3-6H2,1-2H3,(H,15,16). The fraction of sp³-hybridized carbons (Fsp3) is 0.636. The van der Waals surface area contributed by atoms with Gasteiger partial charge in [-0.3, -0.25) is 4.79 Å². The van der Waals surface area contributed by atoms with Crippen LogP contribution in [0.5, 0.6) is 0 Å². The van der Waals surface area contributed by atoms with Crippen LogP contribution in [0.1, 0.15) is 26.7 Å². The number of hydrogen-bond acceptors (Lipinski definition) is 3. The maximum absolute atomic E-state index is 12.0. The zero-order valence-electron chi connectivity index (χ0n) is 9.56. The summed E-state index contributed by atoms with van der Waals surface area (Å²) in [7, 11) is 0. The summed E-state index contributed by atoms with van der Waals surface area (Å²) in [6.45, 7) is 3.46. The zero-order chi connectivity index (χ0) is 12.3. The van der Waals surface area contributed by atoms with E-state index in [4.69, 9.17) is 10.2 Å². The number of rotatable bonds is 3. The van der Waals surface area contributed by atoms with Gasteiger partial charge in [0, 0.05) is 17.7 Å². The summed E-state index contributed by atoms with van der Waals surface area (Å²) in [5.74, 6) is -1.36. The first kappa shape index (κ1) is 12.7. The highest BCUT2D eigenvalue weighted by atomic mass is 16.4. The smallest absolute Gasteiger partial charge is 0.331 e. The minimum absolute atomic E-state index is 0.0635. The lowest BCUT2D eigenvalue weighted by atomic mass is 10.1. The van der Waals surface area contributed by atoms with E-state index in [-0.39, 0.29) is 29.7 Å². The maximum Gasteiger partial charge on any atom is 0.331 e. The summed E-state index contributed by atoms with van der Waals surface area (Å²) in [6.07, 6.45) is 1.64. The number of carboxylic acids is 1. The van der Waals surface area contributed by atoms with Gasteiger partial charge in [0.15, 0.2) is 0 Å². The van der Waals surface area contributed by atoms with Crippen LogP contribution < -0.4 is 0 Å². The van der Waals surface area contributed by atoms with Crippen molar-refractivity contribution in [3.8, 4) is 0 Å². The molecule has 0 aliphatic carbocycles. The lowest BCUT2D eigenvalue weighted by molar-refractivity contribution is -0.134. The fourth-order valence-electron chi connectivity index (χ4n) is 1.83. The Morgan fingerprint density at radius 3 is 2.44 bits per heavy atom. The van der Waals surface area contributed by atoms with E-state index in [1.165, 1.54) is 13.8 Å². The number of carboxylic acid groups (broad SMARTS) is 1. The van der Waals surface area contributed by atoms with E-state index in [2.05, 4.69) is 0 Å². The van der Waals surface area contributed by atoms with Crippen molar-refractivity contribution in [3.63, 3.8) is 0 Å². The SMILES string of the molecule is CC(C(=O)O)=C(C)C(=O)N1CCCC1CO. The average molecular weight is 227 g/mol. The number of aliphatic hydroxyl groups is 1. The molecule has 1 aliphatic heterocycles. The predicted molar refractivity (Wildman–Crippen MR) is 57.8 cm³/mol. The van der Waals surface area contributed by atoms with E-state index in [9.17, 15) is 9.59 Å². The summed E-state index contributed by atoms with van der Waals surface area (Å²) < 4.78 is 0. The molecule has 0 radical (unpaired) electrons. The van der Waals surface area contributed by atoms with Gasteiger partial charge in [0.1, 0.15) is 0 Å². The minimum Gasteiger partial charge on any atom is -0.478 e. The second-order valence-electron chi connectivity index (χ2n) is 4.03. The summed E-state index contributed by atoms with van der Waals surface area (Å²) in [5, 5.41) is 17.9. The molecule has 5 nitrogen and oxygen atoms in total. The molecule has 0 bridgehead atoms. The largest absolute Gasteiger partial charge is 0.478 e. The predicted octanol–water partition coefficient (Wildman–Crippen LogP) is 0.391. The third-order valence-corrected chi connectivity index (χ3v) is 3.05. The van der Waals surface area contributed by atoms with Crippen LogP contribution in [0, 0.1) is 0 Å². The lowest BCUT2D eigenvalue weighted by Crippen LogP contribution is -2.38. The van der Waals surface area contributed by atoms with Crippen LogP contribution >= 0.6 is 0 Å². The fourth-order valence-corrected chi connectivity index (χ4v) is 1.83. The highest BCUT2D eigenvalue weighted by Gasteiger charge is 2.29. The number of amides is 1. The van der Waals surface area contributed by atoms with Gasteiger partial charge in [-0.15, -0.1) is 0 Å². The molecule has 90 valence electrons. The number of aliphatic hydroxyl groups excluding tert-OH is 1. The van der Waals surface area contributed by atoms with Crippen LogP contribution in [-0.2, 0) is 9.59 Å². The molecule has 1 heterocycles. The summed E-state index contributed by atoms with van der Waals surface area (Å²) in [6, 6.07) is -0.163. The van der Waals surface area contributed by atoms with Crippen LogP contribution in [0.15, 0.2) is 11.1 Å². The zero-order valence-corrected chi connectivity index (χ0v) is 9.56. The van der Waals surface area contributed by atoms with Gasteiger partial charge in [-0.25, -0.2) is 4.79 Å². The number of nitrogens with zero attached hydrogens (tertiary/aromatic N) is 1. The van der Waals surface area contributed by atoms with Crippen molar-refractivity contribution in [1.82, 2.24) is 4.90 Å². The minimum atomic E-state index is -1.08. The van der Waals surface area contributed by atoms with Crippen molar-refractivity contribution in [2.45, 2.75) is 32.7 Å². The van der Waals surface area contributed by atoms with Crippen molar-refractivity contribution in [1.29, 1.82) is 0 Å². The van der Waals surface area contributed by atoms with Gasteiger partial charge in [0.05, 0.1) is 12.6 Å². The molecule has 2 N–H and O–H groups in total. The molecule has 0 saturated carbocycles. The van der Waals surface area contributed by atoms with Crippen LogP contribution in [0.25, 0.3) is 0 Å². The van der Waals surface area contributed by atoms with Crippen LogP contribution in [-0.4, -0.2) is 46.2 Å². The molecule has 1 unspecified atom stereocenters. The first-order chi connectivity index (χ1) is 7.49. The van der Waals surface area contributed by atoms with Gasteiger partial charge in [0.25, 0.3) is 0 Å². The highest BCUT2D eigenvalue weighted by Crippen LogP contribution is 2.20. The number of likely N-dealkylation sites (tertiary alicyclic amines) is 1. The lowest BCUT2D eigenvalue weighted by Gasteiger charge is -2.23. The third-order valence-electron chi connectivity index (χ3n) is 3.05.